The Kier molecular flexibility index (Phi) is 6.06. The smallest absolute Gasteiger partial charge is 0.234 e. The lowest BCUT2D eigenvalue weighted by Gasteiger charge is -2.07. The molecule has 0 aliphatic rings. The Morgan fingerprint density at radius 2 is 1.86 bits per heavy atom. The third kappa shape index (κ3) is 4.87. The van der Waals surface area contributed by atoms with Gasteiger partial charge in [0, 0.05) is 16.5 Å². The van der Waals surface area contributed by atoms with Gasteiger partial charge in [-0.15, -0.1) is 11.8 Å². The molecule has 22 heavy (non-hydrogen) atoms. The largest absolute Gasteiger partial charge is 0.325 e. The summed E-state index contributed by atoms with van der Waals surface area (Å²) in [6, 6.07) is 8.34. The van der Waals surface area contributed by atoms with Gasteiger partial charge in [-0.25, -0.2) is 8.78 Å². The van der Waals surface area contributed by atoms with Crippen molar-refractivity contribution in [3.8, 4) is 0 Å². The molecular weight excluding hydrogens is 351 g/mol. The van der Waals surface area contributed by atoms with Gasteiger partial charge in [0.1, 0.15) is 11.6 Å². The first kappa shape index (κ1) is 17.1. The molecule has 116 valence electrons. The van der Waals surface area contributed by atoms with E-state index in [9.17, 15) is 13.6 Å². The SMILES string of the molecule is O=C(CSCc1ccc(Cl)cc1F)Nc1ccc(F)c(Cl)c1. The van der Waals surface area contributed by atoms with Crippen molar-refractivity contribution in [3.05, 3.63) is 63.6 Å². The predicted molar refractivity (Wildman–Crippen MR) is 87.6 cm³/mol. The zero-order chi connectivity index (χ0) is 16.1. The van der Waals surface area contributed by atoms with Crippen LogP contribution in [0.25, 0.3) is 0 Å². The highest BCUT2D eigenvalue weighted by atomic mass is 35.5. The normalized spacial score (nSPS) is 10.5. The molecule has 0 unspecified atom stereocenters. The van der Waals surface area contributed by atoms with Gasteiger partial charge in [-0.2, -0.15) is 0 Å². The third-order valence-corrected chi connectivity index (χ3v) is 4.22. The topological polar surface area (TPSA) is 29.1 Å². The maximum Gasteiger partial charge on any atom is 0.234 e. The van der Waals surface area contributed by atoms with Gasteiger partial charge in [0.15, 0.2) is 0 Å². The predicted octanol–water partition coefficient (Wildman–Crippen LogP) is 5.14. The van der Waals surface area contributed by atoms with E-state index in [1.54, 1.807) is 12.1 Å². The summed E-state index contributed by atoms with van der Waals surface area (Å²) in [5.74, 6) is -0.738. The van der Waals surface area contributed by atoms with Crippen LogP contribution in [0.4, 0.5) is 14.5 Å². The number of hydrogen-bond donors (Lipinski definition) is 1. The van der Waals surface area contributed by atoms with Crippen molar-refractivity contribution in [2.45, 2.75) is 5.75 Å². The molecule has 0 aliphatic heterocycles. The zero-order valence-corrected chi connectivity index (χ0v) is 13.5. The van der Waals surface area contributed by atoms with Gasteiger partial charge >= 0.3 is 0 Å². The summed E-state index contributed by atoms with van der Waals surface area (Å²) in [6.07, 6.45) is 0. The second kappa shape index (κ2) is 7.81. The molecule has 2 aromatic rings. The monoisotopic (exact) mass is 361 g/mol. The molecule has 7 heteroatoms. The summed E-state index contributed by atoms with van der Waals surface area (Å²) in [5, 5.41) is 2.86. The molecule has 0 aromatic heterocycles. The number of carbonyl (C=O) groups is 1. The van der Waals surface area contributed by atoms with Crippen molar-refractivity contribution in [2.75, 3.05) is 11.1 Å². The molecule has 2 nitrogen and oxygen atoms in total. The molecule has 1 N–H and O–H groups in total. The first-order valence-corrected chi connectivity index (χ1v) is 8.13. The molecule has 0 atom stereocenters. The molecule has 0 aliphatic carbocycles. The van der Waals surface area contributed by atoms with E-state index in [2.05, 4.69) is 5.32 Å². The van der Waals surface area contributed by atoms with Crippen LogP contribution < -0.4 is 5.32 Å². The van der Waals surface area contributed by atoms with E-state index in [0.29, 0.717) is 22.0 Å². The number of nitrogens with one attached hydrogen (secondary N) is 1. The first-order chi connectivity index (χ1) is 10.5. The summed E-state index contributed by atoms with van der Waals surface area (Å²) < 4.78 is 26.6. The van der Waals surface area contributed by atoms with E-state index < -0.39 is 11.6 Å². The van der Waals surface area contributed by atoms with Crippen LogP contribution in [-0.4, -0.2) is 11.7 Å². The van der Waals surface area contributed by atoms with Crippen LogP contribution in [0.15, 0.2) is 36.4 Å². The van der Waals surface area contributed by atoms with Crippen LogP contribution in [0.5, 0.6) is 0 Å². The van der Waals surface area contributed by atoms with Crippen molar-refractivity contribution in [3.63, 3.8) is 0 Å². The minimum atomic E-state index is -0.549. The summed E-state index contributed by atoms with van der Waals surface area (Å²) in [4.78, 5) is 11.8. The Bertz CT molecular complexity index is 697. The Morgan fingerprint density at radius 1 is 1.09 bits per heavy atom. The van der Waals surface area contributed by atoms with Crippen molar-refractivity contribution in [2.24, 2.45) is 0 Å². The van der Waals surface area contributed by atoms with Crippen LogP contribution in [0.3, 0.4) is 0 Å². The molecule has 0 radical (unpaired) electrons. The summed E-state index contributed by atoms with van der Waals surface area (Å²) >= 11 is 12.6. The highest BCUT2D eigenvalue weighted by molar-refractivity contribution is 7.99. The van der Waals surface area contributed by atoms with Gasteiger partial charge in [-0.3, -0.25) is 4.79 Å². The molecular formula is C15H11Cl2F2NOS. The Morgan fingerprint density at radius 3 is 2.55 bits per heavy atom. The number of halogens is 4. The lowest BCUT2D eigenvalue weighted by molar-refractivity contribution is -0.113. The van der Waals surface area contributed by atoms with E-state index in [1.165, 1.54) is 36.0 Å². The number of carbonyl (C=O) groups excluding carboxylic acids is 1. The molecule has 0 saturated carbocycles. The Hall–Kier alpha value is -1.30. The zero-order valence-electron chi connectivity index (χ0n) is 11.2. The summed E-state index contributed by atoms with van der Waals surface area (Å²) in [7, 11) is 0. The lowest BCUT2D eigenvalue weighted by atomic mass is 10.2. The van der Waals surface area contributed by atoms with Gasteiger partial charge in [0.05, 0.1) is 10.8 Å². The lowest BCUT2D eigenvalue weighted by Crippen LogP contribution is -2.14. The number of benzene rings is 2. The van der Waals surface area contributed by atoms with Gasteiger partial charge in [-0.05, 0) is 35.9 Å². The molecule has 2 rings (SSSR count). The van der Waals surface area contributed by atoms with E-state index in [-0.39, 0.29) is 16.7 Å². The number of anilines is 1. The molecule has 0 spiro atoms. The van der Waals surface area contributed by atoms with Gasteiger partial charge in [0.25, 0.3) is 0 Å². The Balaban J connectivity index is 1.83. The van der Waals surface area contributed by atoms with Crippen molar-refractivity contribution in [1.82, 2.24) is 0 Å². The molecule has 2 aromatic carbocycles. The van der Waals surface area contributed by atoms with Crippen LogP contribution in [-0.2, 0) is 10.5 Å². The highest BCUT2D eigenvalue weighted by Gasteiger charge is 2.07. The van der Waals surface area contributed by atoms with Crippen molar-refractivity contribution in [1.29, 1.82) is 0 Å². The molecule has 0 saturated heterocycles. The van der Waals surface area contributed by atoms with Crippen LogP contribution in [0.1, 0.15) is 5.56 Å². The van der Waals surface area contributed by atoms with Crippen molar-refractivity contribution >= 4 is 46.6 Å². The van der Waals surface area contributed by atoms with E-state index >= 15 is 0 Å². The van der Waals surface area contributed by atoms with E-state index in [0.717, 1.165) is 0 Å². The average molecular weight is 362 g/mol. The minimum absolute atomic E-state index is 0.0614. The standard InChI is InChI=1S/C15H11Cl2F2NOS/c16-10-2-1-9(14(19)5-10)7-22-8-15(21)20-11-3-4-13(18)12(17)6-11/h1-6H,7-8H2,(H,20,21). The fourth-order valence-electron chi connectivity index (χ4n) is 1.66. The maximum atomic E-state index is 13.6. The molecule has 0 fully saturated rings. The Labute approximate surface area is 140 Å². The first-order valence-electron chi connectivity index (χ1n) is 6.22. The van der Waals surface area contributed by atoms with E-state index in [4.69, 9.17) is 23.2 Å². The molecule has 0 bridgehead atoms. The van der Waals surface area contributed by atoms with Crippen LogP contribution in [0, 0.1) is 11.6 Å². The fourth-order valence-corrected chi connectivity index (χ4v) is 2.82. The van der Waals surface area contributed by atoms with Gasteiger partial charge < -0.3 is 5.32 Å². The van der Waals surface area contributed by atoms with Gasteiger partial charge in [0.2, 0.25) is 5.91 Å². The summed E-state index contributed by atoms with van der Waals surface area (Å²) in [6.45, 7) is 0. The quantitative estimate of drug-likeness (QED) is 0.798. The third-order valence-electron chi connectivity index (χ3n) is 2.71. The number of hydrogen-bond acceptors (Lipinski definition) is 2. The molecule has 0 heterocycles. The second-order valence-electron chi connectivity index (χ2n) is 4.41. The molecule has 1 amide bonds. The minimum Gasteiger partial charge on any atom is -0.325 e. The maximum absolute atomic E-state index is 13.6. The average Bonchev–Trinajstić information content (AvgIpc) is 2.45. The van der Waals surface area contributed by atoms with Gasteiger partial charge in [-0.1, -0.05) is 29.3 Å². The summed E-state index contributed by atoms with van der Waals surface area (Å²) in [5.41, 5.74) is 0.890. The second-order valence-corrected chi connectivity index (χ2v) is 6.23. The van der Waals surface area contributed by atoms with Crippen molar-refractivity contribution < 1.29 is 13.6 Å². The van der Waals surface area contributed by atoms with E-state index in [1.807, 2.05) is 0 Å². The highest BCUT2D eigenvalue weighted by Crippen LogP contribution is 2.21. The fraction of sp³-hybridized carbons (Fsp3) is 0.133. The number of rotatable bonds is 5. The van der Waals surface area contributed by atoms with Crippen LogP contribution >= 0.6 is 35.0 Å². The number of amides is 1. The number of thioether (sulfide) groups is 1. The van der Waals surface area contributed by atoms with Crippen LogP contribution in [0.2, 0.25) is 10.0 Å².